The zero-order chi connectivity index (χ0) is 25.3. The van der Waals surface area contributed by atoms with E-state index in [-0.39, 0.29) is 17.6 Å². The molecule has 2 amide bonds. The number of carbonyl (C=O) groups is 2. The molecule has 1 aromatic heterocycles. The quantitative estimate of drug-likeness (QED) is 0.376. The molecule has 0 aliphatic heterocycles. The Morgan fingerprint density at radius 2 is 1.88 bits per heavy atom. The Bertz CT molecular complexity index is 948. The molecule has 4 N–H and O–H groups in total. The molecule has 1 aromatic carbocycles. The summed E-state index contributed by atoms with van der Waals surface area (Å²) in [6, 6.07) is 6.11. The first-order valence-electron chi connectivity index (χ1n) is 11.7. The number of carbonyl (C=O) groups excluding carboxylic acids is 2. The second-order valence-corrected chi connectivity index (χ2v) is 11.6. The smallest absolute Gasteiger partial charge is 0.404 e. The maximum Gasteiger partial charge on any atom is 0.404 e. The zero-order valence-corrected chi connectivity index (χ0v) is 22.7. The van der Waals surface area contributed by atoms with Gasteiger partial charge in [-0.05, 0) is 71.5 Å². The van der Waals surface area contributed by atoms with Crippen molar-refractivity contribution in [3.05, 3.63) is 29.4 Å². The van der Waals surface area contributed by atoms with Gasteiger partial charge in [-0.3, -0.25) is 9.52 Å². The average molecular weight is 507 g/mol. The lowest BCUT2D eigenvalue weighted by Gasteiger charge is -2.21. The van der Waals surface area contributed by atoms with Gasteiger partial charge in [-0.1, -0.05) is 25.3 Å². The van der Waals surface area contributed by atoms with Crippen LogP contribution in [0.3, 0.4) is 0 Å². The standard InChI is InChI=1S/C21H29N3OS2.C4H9NO2/c1-14(25)23-16-10-11-17(18(12-16)27-24-21(2,3)4)19-13-22-20(26-19)15-8-6-5-7-9-15;1-3(2)7-4(5)6/h10-13,15,24H,5-9H2,1-4H3,(H,23,25);3H,1-2H3,(H2,5,6). The fourth-order valence-corrected chi connectivity index (χ4v) is 5.56. The number of primary amides is 1. The molecule has 0 bridgehead atoms. The molecular formula is C25H38N4O3S2. The van der Waals surface area contributed by atoms with E-state index >= 15 is 0 Å². The number of rotatable bonds is 6. The average Bonchev–Trinajstić information content (AvgIpc) is 3.21. The summed E-state index contributed by atoms with van der Waals surface area (Å²) in [5.74, 6) is 0.569. The van der Waals surface area contributed by atoms with E-state index < -0.39 is 6.09 Å². The lowest BCUT2D eigenvalue weighted by Crippen LogP contribution is -2.29. The SMILES string of the molecule is CC(=O)Nc1ccc(-c2cnc(C3CCCCC3)s2)c(SNC(C)(C)C)c1.CC(C)OC(N)=O. The Morgan fingerprint density at radius 1 is 1.21 bits per heavy atom. The number of hydrogen-bond donors (Lipinski definition) is 3. The highest BCUT2D eigenvalue weighted by atomic mass is 32.2. The first-order valence-corrected chi connectivity index (χ1v) is 13.4. The van der Waals surface area contributed by atoms with Crippen LogP contribution in [0.1, 0.15) is 84.6 Å². The largest absolute Gasteiger partial charge is 0.447 e. The number of nitrogens with zero attached hydrogens (tertiary/aromatic N) is 1. The second-order valence-electron chi connectivity index (χ2n) is 9.73. The van der Waals surface area contributed by atoms with Gasteiger partial charge in [-0.25, -0.2) is 9.78 Å². The minimum absolute atomic E-state index is 0.00704. The van der Waals surface area contributed by atoms with Gasteiger partial charge in [0.05, 0.1) is 16.0 Å². The molecule has 0 spiro atoms. The summed E-state index contributed by atoms with van der Waals surface area (Å²) in [4.78, 5) is 28.3. The van der Waals surface area contributed by atoms with Crippen LogP contribution in [0.2, 0.25) is 0 Å². The maximum atomic E-state index is 11.4. The van der Waals surface area contributed by atoms with Crippen molar-refractivity contribution in [2.75, 3.05) is 5.32 Å². The van der Waals surface area contributed by atoms with E-state index in [0.29, 0.717) is 5.92 Å². The summed E-state index contributed by atoms with van der Waals surface area (Å²) in [5.41, 5.74) is 6.62. The Labute approximate surface area is 211 Å². The van der Waals surface area contributed by atoms with Crippen molar-refractivity contribution < 1.29 is 14.3 Å². The summed E-state index contributed by atoms with van der Waals surface area (Å²) in [7, 11) is 0. The van der Waals surface area contributed by atoms with Crippen LogP contribution < -0.4 is 15.8 Å². The number of ether oxygens (including phenoxy) is 1. The summed E-state index contributed by atoms with van der Waals surface area (Å²) < 4.78 is 7.88. The van der Waals surface area contributed by atoms with Gasteiger partial charge >= 0.3 is 6.09 Å². The van der Waals surface area contributed by atoms with Crippen LogP contribution in [-0.2, 0) is 9.53 Å². The van der Waals surface area contributed by atoms with Crippen LogP contribution in [0, 0.1) is 0 Å². The first-order chi connectivity index (χ1) is 15.9. The van der Waals surface area contributed by atoms with Gasteiger partial charge in [0.1, 0.15) is 0 Å². The topological polar surface area (TPSA) is 106 Å². The van der Waals surface area contributed by atoms with Gasteiger partial charge in [0.15, 0.2) is 0 Å². The molecule has 0 atom stereocenters. The van der Waals surface area contributed by atoms with E-state index in [2.05, 4.69) is 47.3 Å². The van der Waals surface area contributed by atoms with Crippen LogP contribution >= 0.6 is 23.3 Å². The molecule has 1 aliphatic rings. The van der Waals surface area contributed by atoms with Crippen LogP contribution in [-0.4, -0.2) is 28.6 Å². The Balaban J connectivity index is 0.000000509. The van der Waals surface area contributed by atoms with Crippen molar-refractivity contribution in [1.82, 2.24) is 9.71 Å². The predicted molar refractivity (Wildman–Crippen MR) is 142 cm³/mol. The number of aromatic nitrogens is 1. The Kier molecular flexibility index (Phi) is 10.9. The van der Waals surface area contributed by atoms with Crippen LogP contribution in [0.5, 0.6) is 0 Å². The van der Waals surface area contributed by atoms with Gasteiger partial charge in [0.2, 0.25) is 5.91 Å². The molecule has 9 heteroatoms. The molecule has 0 saturated heterocycles. The number of nitrogens with two attached hydrogens (primary N) is 1. The van der Waals surface area contributed by atoms with Crippen LogP contribution in [0.4, 0.5) is 10.5 Å². The summed E-state index contributed by atoms with van der Waals surface area (Å²) in [6.45, 7) is 11.4. The fourth-order valence-electron chi connectivity index (χ4n) is 3.48. The minimum Gasteiger partial charge on any atom is -0.447 e. The monoisotopic (exact) mass is 506 g/mol. The van der Waals surface area contributed by atoms with E-state index in [1.165, 1.54) is 54.5 Å². The van der Waals surface area contributed by atoms with Crippen LogP contribution in [0.25, 0.3) is 10.4 Å². The summed E-state index contributed by atoms with van der Waals surface area (Å²) in [6.07, 6.45) is 7.74. The van der Waals surface area contributed by atoms with Crippen molar-refractivity contribution in [3.8, 4) is 10.4 Å². The molecule has 188 valence electrons. The number of anilines is 1. The normalized spacial score (nSPS) is 14.3. The van der Waals surface area contributed by atoms with Gasteiger partial charge in [0.25, 0.3) is 0 Å². The first kappa shape index (κ1) is 28.1. The van der Waals surface area contributed by atoms with E-state index in [9.17, 15) is 9.59 Å². The van der Waals surface area contributed by atoms with E-state index in [4.69, 9.17) is 4.98 Å². The number of thiazole rings is 1. The molecule has 1 heterocycles. The highest BCUT2D eigenvalue weighted by Gasteiger charge is 2.20. The van der Waals surface area contributed by atoms with Crippen molar-refractivity contribution in [1.29, 1.82) is 0 Å². The van der Waals surface area contributed by atoms with Gasteiger partial charge in [0, 0.05) is 40.7 Å². The predicted octanol–water partition coefficient (Wildman–Crippen LogP) is 6.70. The highest BCUT2D eigenvalue weighted by molar-refractivity contribution is 7.97. The number of nitrogens with one attached hydrogen (secondary N) is 2. The fraction of sp³-hybridized carbons (Fsp3) is 0.560. The lowest BCUT2D eigenvalue weighted by molar-refractivity contribution is -0.114. The molecule has 34 heavy (non-hydrogen) atoms. The number of hydrogen-bond acceptors (Lipinski definition) is 7. The molecule has 0 radical (unpaired) electrons. The molecule has 1 aliphatic carbocycles. The lowest BCUT2D eigenvalue weighted by atomic mass is 9.90. The minimum atomic E-state index is -0.713. The number of benzene rings is 1. The van der Waals surface area contributed by atoms with E-state index in [1.807, 2.05) is 29.7 Å². The molecule has 2 aromatic rings. The molecule has 1 saturated carbocycles. The van der Waals surface area contributed by atoms with Crippen molar-refractivity contribution >= 4 is 41.0 Å². The maximum absolute atomic E-state index is 11.4. The summed E-state index contributed by atoms with van der Waals surface area (Å²) in [5, 5.41) is 4.16. The third kappa shape index (κ3) is 10.0. The second kappa shape index (κ2) is 13.1. The van der Waals surface area contributed by atoms with Crippen molar-refractivity contribution in [2.24, 2.45) is 5.73 Å². The molecular weight excluding hydrogens is 468 g/mol. The Hall–Kier alpha value is -2.10. The van der Waals surface area contributed by atoms with Gasteiger partial charge < -0.3 is 15.8 Å². The highest BCUT2D eigenvalue weighted by Crippen LogP contribution is 2.40. The third-order valence-corrected chi connectivity index (χ3v) is 7.33. The van der Waals surface area contributed by atoms with Gasteiger partial charge in [-0.15, -0.1) is 11.3 Å². The van der Waals surface area contributed by atoms with Crippen molar-refractivity contribution in [2.45, 2.75) is 96.1 Å². The van der Waals surface area contributed by atoms with E-state index in [0.717, 1.165) is 10.6 Å². The zero-order valence-electron chi connectivity index (χ0n) is 21.1. The van der Waals surface area contributed by atoms with Gasteiger partial charge in [-0.2, -0.15) is 0 Å². The number of amides is 2. The molecule has 0 unspecified atom stereocenters. The van der Waals surface area contributed by atoms with Crippen LogP contribution in [0.15, 0.2) is 29.3 Å². The molecule has 1 fully saturated rings. The Morgan fingerprint density at radius 3 is 2.41 bits per heavy atom. The third-order valence-electron chi connectivity index (χ3n) is 4.86. The van der Waals surface area contributed by atoms with E-state index in [1.54, 1.807) is 25.8 Å². The molecule has 7 nitrogen and oxygen atoms in total. The van der Waals surface area contributed by atoms with Crippen molar-refractivity contribution in [3.63, 3.8) is 0 Å². The summed E-state index contributed by atoms with van der Waals surface area (Å²) >= 11 is 3.43. The molecule has 3 rings (SSSR count).